The molecule has 1 aliphatic heterocycles. The van der Waals surface area contributed by atoms with Crippen LogP contribution in [0.5, 0.6) is 0 Å². The summed E-state index contributed by atoms with van der Waals surface area (Å²) in [6, 6.07) is 1.07. The predicted molar refractivity (Wildman–Crippen MR) is 56.9 cm³/mol. The molecule has 0 bridgehead atoms. The normalized spacial score (nSPS) is 26.2. The van der Waals surface area contributed by atoms with Gasteiger partial charge in [0, 0.05) is 11.8 Å². The van der Waals surface area contributed by atoms with E-state index in [-0.39, 0.29) is 0 Å². The molecule has 0 amide bonds. The second-order valence-electron chi connectivity index (χ2n) is 3.37. The van der Waals surface area contributed by atoms with E-state index in [1.165, 1.54) is 12.2 Å². The molecule has 1 aliphatic rings. The first-order valence-electron chi connectivity index (χ1n) is 4.69. The molecular formula is C9H18N2S. The van der Waals surface area contributed by atoms with Crippen molar-refractivity contribution >= 4 is 16.9 Å². The van der Waals surface area contributed by atoms with Crippen LogP contribution in [0.3, 0.4) is 0 Å². The Bertz CT molecular complexity index is 168. The van der Waals surface area contributed by atoms with Gasteiger partial charge in [-0.25, -0.2) is 0 Å². The van der Waals surface area contributed by atoms with Crippen molar-refractivity contribution in [2.75, 3.05) is 5.75 Å². The van der Waals surface area contributed by atoms with Crippen LogP contribution in [0, 0.1) is 0 Å². The summed E-state index contributed by atoms with van der Waals surface area (Å²) in [5, 5.41) is 4.55. The van der Waals surface area contributed by atoms with E-state index >= 15 is 0 Å². The fraction of sp³-hybridized carbons (Fsp3) is 0.889. The van der Waals surface area contributed by atoms with Gasteiger partial charge in [-0.05, 0) is 26.7 Å². The summed E-state index contributed by atoms with van der Waals surface area (Å²) < 4.78 is 0. The van der Waals surface area contributed by atoms with Crippen molar-refractivity contribution in [3.05, 3.63) is 0 Å². The highest BCUT2D eigenvalue weighted by atomic mass is 32.2. The Morgan fingerprint density at radius 3 is 3.08 bits per heavy atom. The molecule has 0 spiro atoms. The highest BCUT2D eigenvalue weighted by molar-refractivity contribution is 8.13. The molecule has 0 aromatic rings. The molecule has 0 fully saturated rings. The van der Waals surface area contributed by atoms with Crippen LogP contribution in [0.25, 0.3) is 0 Å². The summed E-state index contributed by atoms with van der Waals surface area (Å²) in [6.45, 7) is 6.56. The maximum atomic E-state index is 4.54. The van der Waals surface area contributed by atoms with Crippen LogP contribution in [-0.2, 0) is 0 Å². The first kappa shape index (κ1) is 9.90. The van der Waals surface area contributed by atoms with Crippen LogP contribution in [0.15, 0.2) is 4.99 Å². The van der Waals surface area contributed by atoms with Crippen molar-refractivity contribution in [3.63, 3.8) is 0 Å². The van der Waals surface area contributed by atoms with Gasteiger partial charge in [0.15, 0.2) is 5.17 Å². The second-order valence-corrected chi connectivity index (χ2v) is 4.46. The minimum Gasteiger partial charge on any atom is -0.362 e. The molecule has 0 aromatic heterocycles. The number of nitrogens with one attached hydrogen (secondary N) is 1. The quantitative estimate of drug-likeness (QED) is 0.715. The summed E-state index contributed by atoms with van der Waals surface area (Å²) in [5.74, 6) is 1.21. The standard InChI is InChI=1S/C9H18N2S/c1-4-7(2)10-9-11-8(3)5-6-12-9/h7-8H,4-6H2,1-3H3,(H,10,11). The number of nitrogens with zero attached hydrogens (tertiary/aromatic N) is 1. The number of amidine groups is 1. The molecule has 3 heteroatoms. The van der Waals surface area contributed by atoms with Crippen molar-refractivity contribution in [2.24, 2.45) is 4.99 Å². The van der Waals surface area contributed by atoms with Gasteiger partial charge in [0.05, 0.1) is 6.04 Å². The molecule has 2 atom stereocenters. The van der Waals surface area contributed by atoms with Crippen LogP contribution in [0.4, 0.5) is 0 Å². The minimum absolute atomic E-state index is 0.512. The maximum absolute atomic E-state index is 4.54. The molecule has 0 saturated carbocycles. The Hall–Kier alpha value is -0.180. The molecule has 0 saturated heterocycles. The van der Waals surface area contributed by atoms with E-state index in [4.69, 9.17) is 0 Å². The molecule has 2 nitrogen and oxygen atoms in total. The number of hydrogen-bond donors (Lipinski definition) is 1. The third kappa shape index (κ3) is 3.05. The summed E-state index contributed by atoms with van der Waals surface area (Å²) in [4.78, 5) is 4.54. The molecule has 12 heavy (non-hydrogen) atoms. The molecular weight excluding hydrogens is 168 g/mol. The predicted octanol–water partition coefficient (Wildman–Crippen LogP) is 2.26. The first-order chi connectivity index (χ1) is 5.72. The molecule has 1 rings (SSSR count). The van der Waals surface area contributed by atoms with Crippen molar-refractivity contribution in [1.82, 2.24) is 5.32 Å². The van der Waals surface area contributed by atoms with Gasteiger partial charge in [-0.1, -0.05) is 18.7 Å². The number of rotatable bonds is 2. The molecule has 1 N–H and O–H groups in total. The second kappa shape index (κ2) is 4.75. The van der Waals surface area contributed by atoms with Crippen molar-refractivity contribution in [3.8, 4) is 0 Å². The fourth-order valence-corrected chi connectivity index (χ4v) is 2.21. The highest BCUT2D eigenvalue weighted by Gasteiger charge is 2.12. The fourth-order valence-electron chi connectivity index (χ4n) is 1.02. The zero-order valence-electron chi connectivity index (χ0n) is 8.13. The molecule has 2 unspecified atom stereocenters. The molecule has 0 radical (unpaired) electrons. The van der Waals surface area contributed by atoms with Gasteiger partial charge in [-0.15, -0.1) is 0 Å². The van der Waals surface area contributed by atoms with Crippen molar-refractivity contribution < 1.29 is 0 Å². The van der Waals surface area contributed by atoms with Crippen molar-refractivity contribution in [2.45, 2.75) is 45.7 Å². The Morgan fingerprint density at radius 2 is 2.50 bits per heavy atom. The zero-order valence-corrected chi connectivity index (χ0v) is 8.95. The smallest absolute Gasteiger partial charge is 0.157 e. The average Bonchev–Trinajstić information content (AvgIpc) is 2.04. The first-order valence-corrected chi connectivity index (χ1v) is 5.68. The third-order valence-electron chi connectivity index (χ3n) is 2.09. The van der Waals surface area contributed by atoms with Crippen LogP contribution in [0.1, 0.15) is 33.6 Å². The Labute approximate surface area is 79.2 Å². The summed E-state index contributed by atoms with van der Waals surface area (Å²) in [5.41, 5.74) is 0. The third-order valence-corrected chi connectivity index (χ3v) is 3.03. The van der Waals surface area contributed by atoms with Crippen LogP contribution in [0.2, 0.25) is 0 Å². The summed E-state index contributed by atoms with van der Waals surface area (Å²) in [6.07, 6.45) is 2.38. The molecule has 70 valence electrons. The average molecular weight is 186 g/mol. The molecule has 0 aliphatic carbocycles. The lowest BCUT2D eigenvalue weighted by molar-refractivity contribution is 0.634. The highest BCUT2D eigenvalue weighted by Crippen LogP contribution is 2.16. The van der Waals surface area contributed by atoms with E-state index in [9.17, 15) is 0 Å². The largest absolute Gasteiger partial charge is 0.362 e. The van der Waals surface area contributed by atoms with Gasteiger partial charge in [0.25, 0.3) is 0 Å². The number of aliphatic imine (C=N–C) groups is 1. The summed E-state index contributed by atoms with van der Waals surface area (Å²) in [7, 11) is 0. The van der Waals surface area contributed by atoms with E-state index < -0.39 is 0 Å². The van der Waals surface area contributed by atoms with Crippen LogP contribution < -0.4 is 5.32 Å². The Balaban J connectivity index is 2.40. The molecule has 0 aromatic carbocycles. The Morgan fingerprint density at radius 1 is 1.75 bits per heavy atom. The lowest BCUT2D eigenvalue weighted by atomic mass is 10.2. The van der Waals surface area contributed by atoms with E-state index in [0.717, 1.165) is 11.6 Å². The van der Waals surface area contributed by atoms with Crippen molar-refractivity contribution in [1.29, 1.82) is 0 Å². The van der Waals surface area contributed by atoms with Gasteiger partial charge < -0.3 is 5.32 Å². The maximum Gasteiger partial charge on any atom is 0.157 e. The molecule has 1 heterocycles. The minimum atomic E-state index is 0.512. The zero-order chi connectivity index (χ0) is 8.97. The lowest BCUT2D eigenvalue weighted by Gasteiger charge is -2.20. The van der Waals surface area contributed by atoms with Gasteiger partial charge in [0.2, 0.25) is 0 Å². The SMILES string of the molecule is CCC(C)NC1=NC(C)CCS1. The van der Waals surface area contributed by atoms with E-state index in [1.54, 1.807) is 0 Å². The van der Waals surface area contributed by atoms with Crippen LogP contribution >= 0.6 is 11.8 Å². The monoisotopic (exact) mass is 186 g/mol. The number of thioether (sulfide) groups is 1. The van der Waals surface area contributed by atoms with Gasteiger partial charge in [0.1, 0.15) is 0 Å². The van der Waals surface area contributed by atoms with Gasteiger partial charge in [-0.2, -0.15) is 0 Å². The number of hydrogen-bond acceptors (Lipinski definition) is 3. The van der Waals surface area contributed by atoms with Gasteiger partial charge in [-0.3, -0.25) is 4.99 Å². The van der Waals surface area contributed by atoms with Gasteiger partial charge >= 0.3 is 0 Å². The van der Waals surface area contributed by atoms with Crippen LogP contribution in [-0.4, -0.2) is 23.0 Å². The Kier molecular flexibility index (Phi) is 3.92. The topological polar surface area (TPSA) is 24.4 Å². The van der Waals surface area contributed by atoms with E-state index in [0.29, 0.717) is 12.1 Å². The summed E-state index contributed by atoms with van der Waals surface area (Å²) >= 11 is 1.85. The van der Waals surface area contributed by atoms with E-state index in [1.807, 2.05) is 11.8 Å². The van der Waals surface area contributed by atoms with E-state index in [2.05, 4.69) is 31.1 Å². The lowest BCUT2D eigenvalue weighted by Crippen LogP contribution is -2.32.